The van der Waals surface area contributed by atoms with E-state index in [0.29, 0.717) is 29.2 Å². The zero-order chi connectivity index (χ0) is 13.3. The topological polar surface area (TPSA) is 51.8 Å². The second kappa shape index (κ2) is 4.97. The minimum Gasteiger partial charge on any atom is -0.396 e. The molecule has 1 aromatic carbocycles. The molecule has 1 aromatic heterocycles. The molecule has 2 aromatic rings. The second-order valence-corrected chi connectivity index (χ2v) is 4.47. The Bertz CT molecular complexity index is 602. The van der Waals surface area contributed by atoms with Gasteiger partial charge in [0.1, 0.15) is 0 Å². The van der Waals surface area contributed by atoms with E-state index in [0.717, 1.165) is 6.07 Å². The Labute approximate surface area is 111 Å². The number of nitrogens with zero attached hydrogens (tertiary/aromatic N) is 2. The highest BCUT2D eigenvalue weighted by atomic mass is 79.9. The summed E-state index contributed by atoms with van der Waals surface area (Å²) in [4.78, 5) is 8.27. The van der Waals surface area contributed by atoms with Crippen molar-refractivity contribution in [1.82, 2.24) is 9.97 Å². The number of rotatable bonds is 2. The molecular weight excluding hydrogens is 304 g/mol. The van der Waals surface area contributed by atoms with Gasteiger partial charge in [-0.05, 0) is 34.5 Å². The Morgan fingerprint density at radius 1 is 1.33 bits per heavy atom. The highest BCUT2D eigenvalue weighted by Crippen LogP contribution is 2.30. The van der Waals surface area contributed by atoms with Gasteiger partial charge >= 0.3 is 0 Å². The summed E-state index contributed by atoms with van der Waals surface area (Å²) in [6.45, 7) is 1.91. The van der Waals surface area contributed by atoms with E-state index in [9.17, 15) is 8.78 Å². The Balaban J connectivity index is 2.59. The van der Waals surface area contributed by atoms with Crippen LogP contribution in [0.2, 0.25) is 0 Å². The Hall–Kier alpha value is -1.56. The summed E-state index contributed by atoms with van der Waals surface area (Å²) >= 11 is 3.01. The van der Waals surface area contributed by atoms with Crippen LogP contribution >= 0.6 is 15.9 Å². The van der Waals surface area contributed by atoms with E-state index in [-0.39, 0.29) is 4.47 Å². The van der Waals surface area contributed by atoms with Crippen LogP contribution in [0.4, 0.5) is 14.5 Å². The number of nitrogens with two attached hydrogens (primary N) is 1. The van der Waals surface area contributed by atoms with Crippen molar-refractivity contribution < 1.29 is 8.78 Å². The van der Waals surface area contributed by atoms with Crippen molar-refractivity contribution in [2.75, 3.05) is 5.73 Å². The summed E-state index contributed by atoms with van der Waals surface area (Å²) in [6.07, 6.45) is 2.11. The quantitative estimate of drug-likeness (QED) is 0.865. The fourth-order valence-electron chi connectivity index (χ4n) is 1.54. The third-order valence-electron chi connectivity index (χ3n) is 2.51. The maximum atomic E-state index is 13.4. The molecule has 0 radical (unpaired) electrons. The van der Waals surface area contributed by atoms with Gasteiger partial charge in [0, 0.05) is 5.56 Å². The first-order valence-electron chi connectivity index (χ1n) is 5.29. The van der Waals surface area contributed by atoms with E-state index < -0.39 is 11.6 Å². The number of aromatic nitrogens is 2. The average molecular weight is 314 g/mol. The van der Waals surface area contributed by atoms with Gasteiger partial charge in [0.2, 0.25) is 0 Å². The zero-order valence-corrected chi connectivity index (χ0v) is 11.1. The first kappa shape index (κ1) is 12.9. The summed E-state index contributed by atoms with van der Waals surface area (Å²) in [5.74, 6) is -1.56. The molecule has 0 spiro atoms. The van der Waals surface area contributed by atoms with Crippen molar-refractivity contribution in [2.45, 2.75) is 13.3 Å². The molecule has 3 nitrogen and oxygen atoms in total. The van der Waals surface area contributed by atoms with Crippen LogP contribution in [0.5, 0.6) is 0 Å². The van der Waals surface area contributed by atoms with Crippen molar-refractivity contribution >= 4 is 21.6 Å². The number of nitrogen functional groups attached to an aromatic ring is 1. The highest BCUT2D eigenvalue weighted by molar-refractivity contribution is 9.10. The Morgan fingerprint density at radius 3 is 2.72 bits per heavy atom. The molecule has 0 saturated carbocycles. The van der Waals surface area contributed by atoms with Crippen molar-refractivity contribution in [2.24, 2.45) is 0 Å². The number of anilines is 1. The molecule has 2 N–H and O–H groups in total. The van der Waals surface area contributed by atoms with Crippen molar-refractivity contribution in [3.8, 4) is 11.4 Å². The maximum Gasteiger partial charge on any atom is 0.173 e. The van der Waals surface area contributed by atoms with E-state index in [1.54, 1.807) is 0 Å². The van der Waals surface area contributed by atoms with Crippen LogP contribution in [-0.2, 0) is 6.42 Å². The monoisotopic (exact) mass is 313 g/mol. The second-order valence-electron chi connectivity index (χ2n) is 3.67. The molecule has 0 unspecified atom stereocenters. The molecule has 0 saturated heterocycles. The summed E-state index contributed by atoms with van der Waals surface area (Å²) in [5.41, 5.74) is 7.26. The van der Waals surface area contributed by atoms with Crippen LogP contribution in [0.1, 0.15) is 12.6 Å². The van der Waals surface area contributed by atoms with Crippen molar-refractivity contribution in [3.63, 3.8) is 0 Å². The largest absolute Gasteiger partial charge is 0.396 e. The molecule has 6 heteroatoms. The van der Waals surface area contributed by atoms with Gasteiger partial charge in [-0.1, -0.05) is 6.92 Å². The number of halogens is 3. The lowest BCUT2D eigenvalue weighted by Gasteiger charge is -2.07. The van der Waals surface area contributed by atoms with Crippen LogP contribution in [-0.4, -0.2) is 9.97 Å². The molecule has 0 fully saturated rings. The number of hydrogen-bond acceptors (Lipinski definition) is 3. The Kier molecular flexibility index (Phi) is 3.56. The van der Waals surface area contributed by atoms with Gasteiger partial charge in [-0.3, -0.25) is 0 Å². The predicted octanol–water partition coefficient (Wildman–Crippen LogP) is 3.33. The van der Waals surface area contributed by atoms with Gasteiger partial charge in [-0.25, -0.2) is 18.7 Å². The third kappa shape index (κ3) is 2.20. The minimum absolute atomic E-state index is 0.00863. The number of aryl methyl sites for hydroxylation is 1. The molecule has 0 bridgehead atoms. The molecule has 1 heterocycles. The highest BCUT2D eigenvalue weighted by Gasteiger charge is 2.15. The van der Waals surface area contributed by atoms with Gasteiger partial charge in [0.25, 0.3) is 0 Å². The van der Waals surface area contributed by atoms with Gasteiger partial charge in [0.15, 0.2) is 17.5 Å². The van der Waals surface area contributed by atoms with Crippen molar-refractivity contribution in [1.29, 1.82) is 0 Å². The molecule has 94 valence electrons. The fourth-order valence-corrected chi connectivity index (χ4v) is 2.04. The van der Waals surface area contributed by atoms with Crippen LogP contribution in [0.15, 0.2) is 22.8 Å². The predicted molar refractivity (Wildman–Crippen MR) is 68.9 cm³/mol. The number of hydrogen-bond donors (Lipinski definition) is 1. The van der Waals surface area contributed by atoms with Crippen LogP contribution in [0.3, 0.4) is 0 Å². The first-order valence-corrected chi connectivity index (χ1v) is 6.09. The zero-order valence-electron chi connectivity index (χ0n) is 9.54. The first-order chi connectivity index (χ1) is 8.54. The van der Waals surface area contributed by atoms with Crippen molar-refractivity contribution in [3.05, 3.63) is 40.1 Å². The summed E-state index contributed by atoms with van der Waals surface area (Å²) in [6, 6.07) is 2.47. The summed E-state index contributed by atoms with van der Waals surface area (Å²) in [7, 11) is 0. The molecule has 0 aliphatic carbocycles. The van der Waals surface area contributed by atoms with E-state index in [4.69, 9.17) is 5.73 Å². The lowest BCUT2D eigenvalue weighted by Crippen LogP contribution is -2.01. The molecule has 0 aliphatic rings. The molecule has 0 atom stereocenters. The number of benzene rings is 1. The van der Waals surface area contributed by atoms with E-state index in [1.807, 2.05) is 6.92 Å². The van der Waals surface area contributed by atoms with Gasteiger partial charge in [-0.15, -0.1) is 0 Å². The van der Waals surface area contributed by atoms with Crippen LogP contribution < -0.4 is 5.73 Å². The van der Waals surface area contributed by atoms with Gasteiger partial charge in [0.05, 0.1) is 22.1 Å². The molecule has 2 rings (SSSR count). The molecule has 0 aliphatic heterocycles. The van der Waals surface area contributed by atoms with Gasteiger partial charge in [-0.2, -0.15) is 0 Å². The smallest absolute Gasteiger partial charge is 0.173 e. The van der Waals surface area contributed by atoms with E-state index in [1.165, 1.54) is 12.3 Å². The van der Waals surface area contributed by atoms with Crippen LogP contribution in [0, 0.1) is 11.6 Å². The summed E-state index contributed by atoms with van der Waals surface area (Å²) < 4.78 is 26.5. The lowest BCUT2D eigenvalue weighted by molar-refractivity contribution is 0.504. The lowest BCUT2D eigenvalue weighted by atomic mass is 10.2. The fraction of sp³-hybridized carbons (Fsp3) is 0.167. The molecular formula is C12H10BrF2N3. The minimum atomic E-state index is -0.953. The normalized spacial score (nSPS) is 10.7. The molecule has 18 heavy (non-hydrogen) atoms. The van der Waals surface area contributed by atoms with E-state index in [2.05, 4.69) is 25.9 Å². The maximum absolute atomic E-state index is 13.4. The SMILES string of the molecule is CCc1nc(-c2ccc(F)c(F)c2Br)ncc1N. The summed E-state index contributed by atoms with van der Waals surface area (Å²) in [5, 5.41) is 0. The molecule has 0 amide bonds. The Morgan fingerprint density at radius 2 is 2.06 bits per heavy atom. The average Bonchev–Trinajstić information content (AvgIpc) is 2.37. The van der Waals surface area contributed by atoms with Crippen LogP contribution in [0.25, 0.3) is 11.4 Å². The standard InChI is InChI=1S/C12H10BrF2N3/c1-2-9-8(16)5-17-12(18-9)6-3-4-7(14)11(15)10(6)13/h3-5H,2,16H2,1H3. The van der Waals surface area contributed by atoms with E-state index >= 15 is 0 Å². The third-order valence-corrected chi connectivity index (χ3v) is 3.29. The van der Waals surface area contributed by atoms with Gasteiger partial charge < -0.3 is 5.73 Å².